The summed E-state index contributed by atoms with van der Waals surface area (Å²) in [5, 5.41) is 0. The number of hydrogen-bond donors (Lipinski definition) is 0. The predicted molar refractivity (Wildman–Crippen MR) is 68.9 cm³/mol. The molecule has 0 saturated carbocycles. The first-order valence-electron chi connectivity index (χ1n) is 5.84. The molecule has 88 valence electrons. The largest absolute Gasteiger partial charge is 0.300 e. The average Bonchev–Trinajstić information content (AvgIpc) is 2.34. The Morgan fingerprint density at radius 3 is 2.88 bits per heavy atom. The SMILES string of the molecule is CCC(=O)CCCSc1cncc(CC)c1. The van der Waals surface area contributed by atoms with Gasteiger partial charge in [-0.05, 0) is 30.2 Å². The van der Waals surface area contributed by atoms with Gasteiger partial charge in [0.15, 0.2) is 0 Å². The Bertz CT molecular complexity index is 338. The van der Waals surface area contributed by atoms with Gasteiger partial charge < -0.3 is 0 Å². The summed E-state index contributed by atoms with van der Waals surface area (Å²) in [7, 11) is 0. The highest BCUT2D eigenvalue weighted by atomic mass is 32.2. The fourth-order valence-electron chi connectivity index (χ4n) is 1.37. The molecule has 0 spiro atoms. The summed E-state index contributed by atoms with van der Waals surface area (Å²) in [5.41, 5.74) is 1.27. The molecule has 0 aliphatic carbocycles. The molecule has 2 nitrogen and oxygen atoms in total. The highest BCUT2D eigenvalue weighted by Crippen LogP contribution is 2.19. The van der Waals surface area contributed by atoms with Gasteiger partial charge in [-0.3, -0.25) is 9.78 Å². The first-order chi connectivity index (χ1) is 7.76. The number of pyridine rings is 1. The number of hydrogen-bond acceptors (Lipinski definition) is 3. The molecule has 1 rings (SSSR count). The predicted octanol–water partition coefficient (Wildman–Crippen LogP) is 3.50. The zero-order valence-electron chi connectivity index (χ0n) is 10.0. The Hall–Kier alpha value is -0.830. The third-order valence-corrected chi connectivity index (χ3v) is 3.49. The van der Waals surface area contributed by atoms with Crippen molar-refractivity contribution in [1.82, 2.24) is 4.98 Å². The number of carbonyl (C=O) groups excluding carboxylic acids is 1. The van der Waals surface area contributed by atoms with E-state index in [9.17, 15) is 4.79 Å². The van der Waals surface area contributed by atoms with Crippen molar-refractivity contribution in [2.24, 2.45) is 0 Å². The van der Waals surface area contributed by atoms with E-state index in [2.05, 4.69) is 18.0 Å². The first-order valence-corrected chi connectivity index (χ1v) is 6.83. The standard InChI is InChI=1S/C13H19NOS/c1-3-11-8-13(10-14-9-11)16-7-5-6-12(15)4-2/h8-10H,3-7H2,1-2H3. The van der Waals surface area contributed by atoms with Crippen LogP contribution in [0.4, 0.5) is 0 Å². The molecular formula is C13H19NOS. The van der Waals surface area contributed by atoms with Gasteiger partial charge in [0.05, 0.1) is 0 Å². The summed E-state index contributed by atoms with van der Waals surface area (Å²) in [6.07, 6.45) is 7.17. The molecule has 1 heterocycles. The maximum absolute atomic E-state index is 11.1. The van der Waals surface area contributed by atoms with Crippen LogP contribution >= 0.6 is 11.8 Å². The summed E-state index contributed by atoms with van der Waals surface area (Å²) in [4.78, 5) is 16.5. The van der Waals surface area contributed by atoms with Gasteiger partial charge >= 0.3 is 0 Å². The van der Waals surface area contributed by atoms with Gasteiger partial charge in [0.25, 0.3) is 0 Å². The number of carbonyl (C=O) groups is 1. The summed E-state index contributed by atoms with van der Waals surface area (Å²) < 4.78 is 0. The molecule has 16 heavy (non-hydrogen) atoms. The molecule has 0 N–H and O–H groups in total. The van der Waals surface area contributed by atoms with Crippen LogP contribution in [-0.2, 0) is 11.2 Å². The normalized spacial score (nSPS) is 10.4. The number of aromatic nitrogens is 1. The van der Waals surface area contributed by atoms with Crippen LogP contribution in [0.25, 0.3) is 0 Å². The van der Waals surface area contributed by atoms with E-state index < -0.39 is 0 Å². The van der Waals surface area contributed by atoms with Crippen LogP contribution in [0.3, 0.4) is 0 Å². The molecule has 0 radical (unpaired) electrons. The minimum atomic E-state index is 0.362. The number of nitrogens with zero attached hydrogens (tertiary/aromatic N) is 1. The summed E-state index contributed by atoms with van der Waals surface area (Å²) in [6, 6.07) is 2.18. The summed E-state index contributed by atoms with van der Waals surface area (Å²) >= 11 is 1.79. The zero-order chi connectivity index (χ0) is 11.8. The molecule has 0 aliphatic rings. The van der Waals surface area contributed by atoms with Gasteiger partial charge in [0.1, 0.15) is 5.78 Å². The highest BCUT2D eigenvalue weighted by Gasteiger charge is 2.00. The second kappa shape index (κ2) is 7.44. The molecule has 0 aromatic carbocycles. The molecule has 0 aliphatic heterocycles. The molecule has 3 heteroatoms. The third kappa shape index (κ3) is 4.79. The van der Waals surface area contributed by atoms with E-state index >= 15 is 0 Å². The Balaban J connectivity index is 2.28. The van der Waals surface area contributed by atoms with Crippen molar-refractivity contribution in [1.29, 1.82) is 0 Å². The van der Waals surface area contributed by atoms with E-state index in [1.807, 2.05) is 19.3 Å². The fraction of sp³-hybridized carbons (Fsp3) is 0.538. The van der Waals surface area contributed by atoms with Crippen molar-refractivity contribution < 1.29 is 4.79 Å². The fourth-order valence-corrected chi connectivity index (χ4v) is 2.27. The number of ketones is 1. The first kappa shape index (κ1) is 13.2. The Kier molecular flexibility index (Phi) is 6.16. The lowest BCUT2D eigenvalue weighted by Gasteiger charge is -2.02. The minimum absolute atomic E-state index is 0.362. The number of Topliss-reactive ketones (excluding diaryl/α,β-unsaturated/α-hetero) is 1. The van der Waals surface area contributed by atoms with Gasteiger partial charge in [0, 0.05) is 30.1 Å². The quantitative estimate of drug-likeness (QED) is 0.537. The second-order valence-corrected chi connectivity index (χ2v) is 4.90. The molecule has 0 saturated heterocycles. The van der Waals surface area contributed by atoms with Crippen LogP contribution in [0.5, 0.6) is 0 Å². The van der Waals surface area contributed by atoms with Crippen molar-refractivity contribution in [2.45, 2.75) is 44.4 Å². The van der Waals surface area contributed by atoms with E-state index in [4.69, 9.17) is 0 Å². The Morgan fingerprint density at radius 2 is 2.19 bits per heavy atom. The maximum atomic E-state index is 11.1. The van der Waals surface area contributed by atoms with Crippen LogP contribution < -0.4 is 0 Å². The lowest BCUT2D eigenvalue weighted by atomic mass is 10.2. The third-order valence-electron chi connectivity index (χ3n) is 2.44. The number of thioether (sulfide) groups is 1. The molecule has 1 aromatic heterocycles. The van der Waals surface area contributed by atoms with E-state index in [-0.39, 0.29) is 0 Å². The molecule has 0 bridgehead atoms. The molecule has 0 fully saturated rings. The van der Waals surface area contributed by atoms with E-state index in [0.717, 1.165) is 18.6 Å². The number of rotatable bonds is 7. The van der Waals surface area contributed by atoms with Crippen molar-refractivity contribution in [3.05, 3.63) is 24.0 Å². The van der Waals surface area contributed by atoms with Gasteiger partial charge in [-0.15, -0.1) is 11.8 Å². The Morgan fingerprint density at radius 1 is 1.38 bits per heavy atom. The second-order valence-electron chi connectivity index (χ2n) is 3.73. The van der Waals surface area contributed by atoms with Crippen LogP contribution in [0.2, 0.25) is 0 Å². The van der Waals surface area contributed by atoms with Crippen molar-refractivity contribution in [2.75, 3.05) is 5.75 Å². The maximum Gasteiger partial charge on any atom is 0.132 e. The summed E-state index contributed by atoms with van der Waals surface area (Å²) in [6.45, 7) is 4.05. The lowest BCUT2D eigenvalue weighted by molar-refractivity contribution is -0.118. The molecular weight excluding hydrogens is 218 g/mol. The molecule has 0 atom stereocenters. The van der Waals surface area contributed by atoms with Crippen LogP contribution in [-0.4, -0.2) is 16.5 Å². The van der Waals surface area contributed by atoms with Crippen LogP contribution in [0, 0.1) is 0 Å². The van der Waals surface area contributed by atoms with Gasteiger partial charge in [-0.1, -0.05) is 13.8 Å². The molecule has 1 aromatic rings. The van der Waals surface area contributed by atoms with E-state index in [1.165, 1.54) is 10.5 Å². The zero-order valence-corrected chi connectivity index (χ0v) is 10.8. The molecule has 0 unspecified atom stereocenters. The Labute approximate surface area is 102 Å². The van der Waals surface area contributed by atoms with Crippen molar-refractivity contribution in [3.8, 4) is 0 Å². The van der Waals surface area contributed by atoms with Gasteiger partial charge in [0.2, 0.25) is 0 Å². The monoisotopic (exact) mass is 237 g/mol. The van der Waals surface area contributed by atoms with Crippen molar-refractivity contribution in [3.63, 3.8) is 0 Å². The number of aryl methyl sites for hydroxylation is 1. The van der Waals surface area contributed by atoms with Crippen LogP contribution in [0.15, 0.2) is 23.4 Å². The lowest BCUT2D eigenvalue weighted by Crippen LogP contribution is -1.95. The highest BCUT2D eigenvalue weighted by molar-refractivity contribution is 7.99. The van der Waals surface area contributed by atoms with Gasteiger partial charge in [-0.25, -0.2) is 0 Å². The summed E-state index contributed by atoms with van der Waals surface area (Å²) in [5.74, 6) is 1.36. The minimum Gasteiger partial charge on any atom is -0.300 e. The van der Waals surface area contributed by atoms with Crippen molar-refractivity contribution >= 4 is 17.5 Å². The van der Waals surface area contributed by atoms with Crippen LogP contribution in [0.1, 0.15) is 38.7 Å². The van der Waals surface area contributed by atoms with E-state index in [1.54, 1.807) is 11.8 Å². The topological polar surface area (TPSA) is 30.0 Å². The smallest absolute Gasteiger partial charge is 0.132 e. The van der Waals surface area contributed by atoms with E-state index in [0.29, 0.717) is 18.6 Å². The average molecular weight is 237 g/mol. The van der Waals surface area contributed by atoms with Gasteiger partial charge in [-0.2, -0.15) is 0 Å². The molecule has 0 amide bonds.